The molecule has 1 aliphatic rings. The van der Waals surface area contributed by atoms with Crippen LogP contribution in [0.5, 0.6) is 0 Å². The summed E-state index contributed by atoms with van der Waals surface area (Å²) < 4.78 is 21.5. The maximum absolute atomic E-state index is 10.4. The van der Waals surface area contributed by atoms with E-state index in [1.807, 2.05) is 30.3 Å². The molecule has 0 unspecified atom stereocenters. The summed E-state index contributed by atoms with van der Waals surface area (Å²) >= 11 is 6.14. The first-order valence-electron chi connectivity index (χ1n) is 12.1. The van der Waals surface area contributed by atoms with Gasteiger partial charge in [0.25, 0.3) is 0 Å². The highest BCUT2D eigenvalue weighted by Gasteiger charge is 2.58. The fourth-order valence-corrected chi connectivity index (χ4v) is 5.96. The Morgan fingerprint density at radius 2 is 1.92 bits per heavy atom. The van der Waals surface area contributed by atoms with E-state index >= 15 is 0 Å². The van der Waals surface area contributed by atoms with Crippen LogP contribution in [0.1, 0.15) is 39.5 Å². The maximum atomic E-state index is 10.4. The largest absolute Gasteiger partial charge is 0.410 e. The van der Waals surface area contributed by atoms with Crippen LogP contribution >= 0.6 is 11.6 Å². The predicted octanol–water partition coefficient (Wildman–Crippen LogP) is 4.57. The molecule has 1 aromatic carbocycles. The second-order valence-corrected chi connectivity index (χ2v) is 16.3. The molecular formula is C25H36ClN5O4Si. The summed E-state index contributed by atoms with van der Waals surface area (Å²) in [6, 6.07) is 9.99. The van der Waals surface area contributed by atoms with Gasteiger partial charge < -0.3 is 24.7 Å². The summed E-state index contributed by atoms with van der Waals surface area (Å²) in [6.07, 6.45) is 0.0170. The number of hydrogen-bond acceptors (Lipinski definition) is 8. The van der Waals surface area contributed by atoms with Crippen molar-refractivity contribution in [3.63, 3.8) is 0 Å². The first-order valence-corrected chi connectivity index (χ1v) is 15.4. The molecule has 36 heavy (non-hydrogen) atoms. The number of nitrogen functional groups attached to an aromatic ring is 1. The number of ether oxygens (including phenoxy) is 2. The van der Waals surface area contributed by atoms with Crippen LogP contribution in [-0.2, 0) is 20.5 Å². The molecule has 2 aromatic heterocycles. The smallest absolute Gasteiger partial charge is 0.226 e. The quantitative estimate of drug-likeness (QED) is 0.319. The normalized spacial score (nSPS) is 25.1. The van der Waals surface area contributed by atoms with Gasteiger partial charge in [0.2, 0.25) is 5.28 Å². The van der Waals surface area contributed by atoms with Gasteiger partial charge in [-0.25, -0.2) is 4.98 Å². The van der Waals surface area contributed by atoms with E-state index in [1.165, 1.54) is 0 Å². The second-order valence-electron chi connectivity index (χ2n) is 11.2. The molecule has 3 N–H and O–H groups in total. The van der Waals surface area contributed by atoms with Crippen molar-refractivity contribution < 1.29 is 19.0 Å². The van der Waals surface area contributed by atoms with E-state index in [2.05, 4.69) is 55.7 Å². The van der Waals surface area contributed by atoms with Gasteiger partial charge in [-0.15, -0.1) is 0 Å². The van der Waals surface area contributed by atoms with E-state index in [-0.39, 0.29) is 22.7 Å². The molecule has 0 bridgehead atoms. The van der Waals surface area contributed by atoms with Crippen LogP contribution in [0.4, 0.5) is 5.82 Å². The Morgan fingerprint density at radius 1 is 1.22 bits per heavy atom. The highest BCUT2D eigenvalue weighted by molar-refractivity contribution is 6.74. The van der Waals surface area contributed by atoms with Gasteiger partial charge in [0.05, 0.1) is 37.7 Å². The molecule has 4 atom stereocenters. The van der Waals surface area contributed by atoms with Gasteiger partial charge in [0, 0.05) is 0 Å². The lowest BCUT2D eigenvalue weighted by Gasteiger charge is -2.44. The lowest BCUT2D eigenvalue weighted by molar-refractivity contribution is -0.0736. The van der Waals surface area contributed by atoms with Crippen LogP contribution in [0.3, 0.4) is 0 Å². The molecule has 1 fully saturated rings. The van der Waals surface area contributed by atoms with Crippen molar-refractivity contribution in [3.05, 3.63) is 47.5 Å². The molecule has 3 heterocycles. The number of benzene rings is 1. The predicted molar refractivity (Wildman–Crippen MR) is 142 cm³/mol. The van der Waals surface area contributed by atoms with Crippen molar-refractivity contribution in [1.82, 2.24) is 19.5 Å². The average Bonchev–Trinajstić information content (AvgIpc) is 3.33. The number of imidazole rings is 1. The number of hydrogen-bond donors (Lipinski definition) is 2. The van der Waals surface area contributed by atoms with Crippen LogP contribution in [0, 0.1) is 5.41 Å². The van der Waals surface area contributed by atoms with Crippen molar-refractivity contribution in [1.29, 1.82) is 0 Å². The topological polar surface area (TPSA) is 118 Å². The standard InChI is InChI=1S/C25H36ClN5O4Si/c1-24(2,3)36(5,6)35-19-17(12-32)34-22(25(19,4)14-33-13-16-10-8-7-9-11-16)31-15-28-18-20(27)29-23(26)30-21(18)31/h7-11,15,17,19,22,32H,12-14H2,1-6H3,(H2,27,29,30)/t17-,19-,22-,25-/m1/s1. The number of halogens is 1. The number of rotatable bonds is 8. The van der Waals surface area contributed by atoms with Crippen molar-refractivity contribution in [3.8, 4) is 0 Å². The summed E-state index contributed by atoms with van der Waals surface area (Å²) in [6.45, 7) is 13.6. The van der Waals surface area contributed by atoms with Gasteiger partial charge in [-0.2, -0.15) is 9.97 Å². The number of anilines is 1. The van der Waals surface area contributed by atoms with Crippen molar-refractivity contribution in [2.75, 3.05) is 18.9 Å². The molecule has 196 valence electrons. The molecule has 1 aliphatic heterocycles. The van der Waals surface area contributed by atoms with E-state index in [0.717, 1.165) is 5.56 Å². The monoisotopic (exact) mass is 533 g/mol. The third-order valence-electron chi connectivity index (χ3n) is 7.46. The number of aliphatic hydroxyl groups is 1. The zero-order valence-electron chi connectivity index (χ0n) is 21.7. The zero-order chi connectivity index (χ0) is 26.3. The fraction of sp³-hybridized carbons (Fsp3) is 0.560. The molecule has 1 saturated heterocycles. The summed E-state index contributed by atoms with van der Waals surface area (Å²) in [5.74, 6) is 0.191. The van der Waals surface area contributed by atoms with Crippen molar-refractivity contribution >= 4 is 36.9 Å². The maximum Gasteiger partial charge on any atom is 0.226 e. The van der Waals surface area contributed by atoms with E-state index in [4.69, 9.17) is 31.2 Å². The minimum Gasteiger partial charge on any atom is -0.410 e. The van der Waals surface area contributed by atoms with Gasteiger partial charge in [0.15, 0.2) is 19.8 Å². The third kappa shape index (κ3) is 5.03. The van der Waals surface area contributed by atoms with Crippen LogP contribution < -0.4 is 5.73 Å². The highest BCUT2D eigenvalue weighted by atomic mass is 35.5. The molecule has 0 spiro atoms. The van der Waals surface area contributed by atoms with E-state index < -0.39 is 32.2 Å². The van der Waals surface area contributed by atoms with Gasteiger partial charge in [-0.1, -0.05) is 58.0 Å². The lowest BCUT2D eigenvalue weighted by atomic mass is 9.83. The Morgan fingerprint density at radius 3 is 2.56 bits per heavy atom. The van der Waals surface area contributed by atoms with Crippen LogP contribution in [0.2, 0.25) is 23.4 Å². The Bertz CT molecular complexity index is 1200. The molecule has 0 amide bonds. The summed E-state index contributed by atoms with van der Waals surface area (Å²) in [5, 5.41) is 10.4. The van der Waals surface area contributed by atoms with Crippen LogP contribution in [0.15, 0.2) is 36.7 Å². The number of aliphatic hydroxyl groups excluding tert-OH is 1. The fourth-order valence-electron chi connectivity index (χ4n) is 4.38. The molecule has 9 nitrogen and oxygen atoms in total. The summed E-state index contributed by atoms with van der Waals surface area (Å²) in [7, 11) is -2.24. The summed E-state index contributed by atoms with van der Waals surface area (Å²) in [4.78, 5) is 12.8. The number of fused-ring (bicyclic) bond motifs is 1. The second kappa shape index (κ2) is 10.00. The number of nitrogens with two attached hydrogens (primary N) is 1. The van der Waals surface area contributed by atoms with E-state index in [9.17, 15) is 5.11 Å². The molecule has 0 saturated carbocycles. The Balaban J connectivity index is 1.75. The van der Waals surface area contributed by atoms with E-state index in [1.54, 1.807) is 10.9 Å². The van der Waals surface area contributed by atoms with Crippen molar-refractivity contribution in [2.24, 2.45) is 5.41 Å². The summed E-state index contributed by atoms with van der Waals surface area (Å²) in [5.41, 5.74) is 7.32. The third-order valence-corrected chi connectivity index (χ3v) is 12.1. The first kappa shape index (κ1) is 27.0. The minimum absolute atomic E-state index is 0.0227. The molecule has 11 heteroatoms. The van der Waals surface area contributed by atoms with Gasteiger partial charge in [0.1, 0.15) is 17.8 Å². The molecule has 0 aliphatic carbocycles. The Hall–Kier alpha value is -2.08. The zero-order valence-corrected chi connectivity index (χ0v) is 23.5. The molecule has 3 aromatic rings. The van der Waals surface area contributed by atoms with Crippen LogP contribution in [-0.4, -0.2) is 58.4 Å². The number of nitrogens with zero attached hydrogens (tertiary/aromatic N) is 4. The SMILES string of the molecule is CC(C)(C)[Si](C)(C)O[C@@H]1[C@@H](CO)O[C@@H](n2cnc3c(N)nc(Cl)nc32)[C@]1(C)COCc1ccccc1. The lowest BCUT2D eigenvalue weighted by Crippen LogP contribution is -2.52. The van der Waals surface area contributed by atoms with Crippen molar-refractivity contribution in [2.45, 2.75) is 70.9 Å². The molecule has 4 rings (SSSR count). The van der Waals surface area contributed by atoms with Crippen LogP contribution in [0.25, 0.3) is 11.2 Å². The van der Waals surface area contributed by atoms with E-state index in [0.29, 0.717) is 24.4 Å². The average molecular weight is 534 g/mol. The molecule has 0 radical (unpaired) electrons. The minimum atomic E-state index is -2.24. The van der Waals surface area contributed by atoms with Gasteiger partial charge in [-0.3, -0.25) is 4.57 Å². The Kier molecular flexibility index (Phi) is 7.49. The number of aromatic nitrogens is 4. The highest BCUT2D eigenvalue weighted by Crippen LogP contribution is 2.51. The van der Waals surface area contributed by atoms with Gasteiger partial charge >= 0.3 is 0 Å². The first-order chi connectivity index (χ1) is 16.9. The Labute approximate surface area is 218 Å². The molecular weight excluding hydrogens is 498 g/mol. The van der Waals surface area contributed by atoms with Gasteiger partial charge in [-0.05, 0) is 35.3 Å².